The summed E-state index contributed by atoms with van der Waals surface area (Å²) in [6.45, 7) is 0. The van der Waals surface area contributed by atoms with Gasteiger partial charge in [0.25, 0.3) is 5.69 Å². The van der Waals surface area contributed by atoms with Gasteiger partial charge in [0.15, 0.2) is 5.69 Å². The van der Waals surface area contributed by atoms with Crippen LogP contribution in [0.25, 0.3) is 0 Å². The molecule has 0 saturated carbocycles. The maximum absolute atomic E-state index is 11.3. The molecule has 0 atom stereocenters. The van der Waals surface area contributed by atoms with E-state index in [0.717, 1.165) is 0 Å². The summed E-state index contributed by atoms with van der Waals surface area (Å²) < 4.78 is 0. The molecule has 2 amide bonds. The van der Waals surface area contributed by atoms with Crippen molar-refractivity contribution in [2.75, 3.05) is 19.4 Å². The first kappa shape index (κ1) is 11.8. The highest BCUT2D eigenvalue weighted by molar-refractivity contribution is 5.93. The number of hydrogen-bond acceptors (Lipinski definition) is 4. The number of nitro groups is 1. The van der Waals surface area contributed by atoms with Crippen molar-refractivity contribution in [3.63, 3.8) is 0 Å². The first-order valence-corrected chi connectivity index (χ1v) is 4.38. The molecule has 0 unspecified atom stereocenters. The van der Waals surface area contributed by atoms with Crippen LogP contribution in [0.4, 0.5) is 16.2 Å². The van der Waals surface area contributed by atoms with Gasteiger partial charge in [0.05, 0.1) is 4.92 Å². The fraction of sp³-hybridized carbons (Fsp3) is 0.222. The van der Waals surface area contributed by atoms with Crippen molar-refractivity contribution in [1.82, 2.24) is 4.90 Å². The van der Waals surface area contributed by atoms with Gasteiger partial charge in [-0.1, -0.05) is 6.07 Å². The van der Waals surface area contributed by atoms with Gasteiger partial charge in [-0.05, 0) is 6.07 Å². The van der Waals surface area contributed by atoms with Crippen molar-refractivity contribution >= 4 is 17.4 Å². The average molecular weight is 225 g/mol. The van der Waals surface area contributed by atoms with Crippen LogP contribution in [-0.2, 0) is 0 Å². The highest BCUT2D eigenvalue weighted by Crippen LogP contribution is 2.32. The molecule has 0 heterocycles. The molecule has 1 aromatic carbocycles. The third kappa shape index (κ3) is 2.38. The van der Waals surface area contributed by atoms with Gasteiger partial charge in [0.2, 0.25) is 0 Å². The second-order valence-corrected chi connectivity index (χ2v) is 3.25. The molecule has 0 aliphatic heterocycles. The molecule has 16 heavy (non-hydrogen) atoms. The summed E-state index contributed by atoms with van der Waals surface area (Å²) in [5.74, 6) is -0.343. The van der Waals surface area contributed by atoms with E-state index in [1.54, 1.807) is 0 Å². The summed E-state index contributed by atoms with van der Waals surface area (Å²) in [5.41, 5.74) is -0.554. The van der Waals surface area contributed by atoms with Crippen LogP contribution < -0.4 is 5.32 Å². The standard InChI is InChI=1S/C9H11N3O4/c1-11(2)9(14)10-8-6(12(15)16)4-3-5-7(8)13/h3-5,13H,1-2H3,(H,10,14). The van der Waals surface area contributed by atoms with Gasteiger partial charge in [-0.3, -0.25) is 15.4 Å². The summed E-state index contributed by atoms with van der Waals surface area (Å²) in [5, 5.41) is 22.3. The van der Waals surface area contributed by atoms with Crippen molar-refractivity contribution < 1.29 is 14.8 Å². The third-order valence-corrected chi connectivity index (χ3v) is 1.86. The van der Waals surface area contributed by atoms with Gasteiger partial charge in [0.1, 0.15) is 5.75 Å². The molecule has 0 spiro atoms. The molecule has 0 fully saturated rings. The summed E-state index contributed by atoms with van der Waals surface area (Å²) in [4.78, 5) is 22.5. The van der Waals surface area contributed by atoms with E-state index in [2.05, 4.69) is 5.32 Å². The smallest absolute Gasteiger partial charge is 0.321 e. The number of urea groups is 1. The minimum atomic E-state index is -0.676. The van der Waals surface area contributed by atoms with Crippen LogP contribution in [-0.4, -0.2) is 35.1 Å². The Morgan fingerprint density at radius 2 is 2.12 bits per heavy atom. The van der Waals surface area contributed by atoms with E-state index in [-0.39, 0.29) is 17.1 Å². The van der Waals surface area contributed by atoms with Crippen LogP contribution in [0.3, 0.4) is 0 Å². The molecule has 1 aromatic rings. The maximum Gasteiger partial charge on any atom is 0.321 e. The Morgan fingerprint density at radius 3 is 2.62 bits per heavy atom. The number of phenolic OH excluding ortho intramolecular Hbond substituents is 1. The van der Waals surface area contributed by atoms with E-state index in [4.69, 9.17) is 0 Å². The van der Waals surface area contributed by atoms with Crippen LogP contribution in [0, 0.1) is 10.1 Å². The molecular weight excluding hydrogens is 214 g/mol. The Kier molecular flexibility index (Phi) is 3.29. The molecule has 0 radical (unpaired) electrons. The number of benzene rings is 1. The molecule has 0 saturated heterocycles. The maximum atomic E-state index is 11.3. The number of phenols is 1. The number of nitrogens with zero attached hydrogens (tertiary/aromatic N) is 2. The summed E-state index contributed by atoms with van der Waals surface area (Å²) >= 11 is 0. The second kappa shape index (κ2) is 4.47. The molecule has 7 heteroatoms. The Morgan fingerprint density at radius 1 is 1.50 bits per heavy atom. The number of hydrogen-bond donors (Lipinski definition) is 2. The number of nitrogens with one attached hydrogen (secondary N) is 1. The van der Waals surface area contributed by atoms with Crippen molar-refractivity contribution in [3.8, 4) is 5.75 Å². The van der Waals surface area contributed by atoms with Gasteiger partial charge in [0, 0.05) is 20.2 Å². The lowest BCUT2D eigenvalue weighted by Gasteiger charge is -2.12. The minimum absolute atomic E-state index is 0.203. The highest BCUT2D eigenvalue weighted by atomic mass is 16.6. The van der Waals surface area contributed by atoms with Gasteiger partial charge >= 0.3 is 6.03 Å². The van der Waals surface area contributed by atoms with E-state index >= 15 is 0 Å². The molecule has 0 aliphatic rings. The normalized spacial score (nSPS) is 9.62. The summed E-state index contributed by atoms with van der Waals surface area (Å²) in [7, 11) is 2.97. The molecular formula is C9H11N3O4. The lowest BCUT2D eigenvalue weighted by molar-refractivity contribution is -0.384. The van der Waals surface area contributed by atoms with Crippen LogP contribution in [0.5, 0.6) is 5.75 Å². The average Bonchev–Trinajstić information content (AvgIpc) is 2.20. The van der Waals surface area contributed by atoms with E-state index < -0.39 is 11.0 Å². The first-order valence-electron chi connectivity index (χ1n) is 4.38. The lowest BCUT2D eigenvalue weighted by atomic mass is 10.2. The van der Waals surface area contributed by atoms with Crippen LogP contribution in [0.1, 0.15) is 0 Å². The van der Waals surface area contributed by atoms with Crippen molar-refractivity contribution in [2.24, 2.45) is 0 Å². The van der Waals surface area contributed by atoms with E-state index in [1.165, 1.54) is 37.2 Å². The summed E-state index contributed by atoms with van der Waals surface area (Å²) in [6, 6.07) is 3.24. The quantitative estimate of drug-likeness (QED) is 0.451. The van der Waals surface area contributed by atoms with Crippen molar-refractivity contribution in [1.29, 1.82) is 0 Å². The topological polar surface area (TPSA) is 95.7 Å². The van der Waals surface area contributed by atoms with Crippen molar-refractivity contribution in [2.45, 2.75) is 0 Å². The molecule has 7 nitrogen and oxygen atoms in total. The number of amides is 2. The summed E-state index contributed by atoms with van der Waals surface area (Å²) in [6.07, 6.45) is 0. The Hall–Kier alpha value is -2.31. The second-order valence-electron chi connectivity index (χ2n) is 3.25. The number of nitro benzene ring substituents is 1. The van der Waals surface area contributed by atoms with Crippen LogP contribution in [0.2, 0.25) is 0 Å². The monoisotopic (exact) mass is 225 g/mol. The molecule has 0 aliphatic carbocycles. The Balaban J connectivity index is 3.11. The number of rotatable bonds is 2. The number of carbonyl (C=O) groups is 1. The van der Waals surface area contributed by atoms with Gasteiger partial charge in [-0.15, -0.1) is 0 Å². The van der Waals surface area contributed by atoms with Crippen molar-refractivity contribution in [3.05, 3.63) is 28.3 Å². The van der Waals surface area contributed by atoms with Crippen LogP contribution in [0.15, 0.2) is 18.2 Å². The molecule has 1 rings (SSSR count). The zero-order valence-corrected chi connectivity index (χ0v) is 8.80. The van der Waals surface area contributed by atoms with E-state index in [9.17, 15) is 20.0 Å². The number of anilines is 1. The fourth-order valence-corrected chi connectivity index (χ4v) is 1.03. The Labute approximate surface area is 91.4 Å². The van der Waals surface area contributed by atoms with E-state index in [0.29, 0.717) is 0 Å². The number of para-hydroxylation sites is 1. The van der Waals surface area contributed by atoms with Crippen LogP contribution >= 0.6 is 0 Å². The SMILES string of the molecule is CN(C)C(=O)Nc1c(O)cccc1[N+](=O)[O-]. The zero-order valence-electron chi connectivity index (χ0n) is 8.80. The Bertz CT molecular complexity index is 431. The van der Waals surface area contributed by atoms with Gasteiger partial charge < -0.3 is 10.0 Å². The van der Waals surface area contributed by atoms with Gasteiger partial charge in [-0.25, -0.2) is 4.79 Å². The fourth-order valence-electron chi connectivity index (χ4n) is 1.03. The molecule has 86 valence electrons. The number of aromatic hydroxyl groups is 1. The predicted octanol–water partition coefficient (Wildman–Crippen LogP) is 1.39. The zero-order chi connectivity index (χ0) is 12.3. The third-order valence-electron chi connectivity index (χ3n) is 1.86. The largest absolute Gasteiger partial charge is 0.505 e. The number of carbonyl (C=O) groups excluding carboxylic acids is 1. The predicted molar refractivity (Wildman–Crippen MR) is 57.5 cm³/mol. The molecule has 2 N–H and O–H groups in total. The molecule has 0 aromatic heterocycles. The molecule has 0 bridgehead atoms. The van der Waals surface area contributed by atoms with Gasteiger partial charge in [-0.2, -0.15) is 0 Å². The van der Waals surface area contributed by atoms with E-state index in [1.807, 2.05) is 0 Å². The first-order chi connectivity index (χ1) is 7.43. The lowest BCUT2D eigenvalue weighted by Crippen LogP contribution is -2.27. The minimum Gasteiger partial charge on any atom is -0.505 e. The highest BCUT2D eigenvalue weighted by Gasteiger charge is 2.19.